The molecule has 1 fully saturated rings. The Morgan fingerprint density at radius 3 is 2.68 bits per heavy atom. The van der Waals surface area contributed by atoms with Gasteiger partial charge in [-0.25, -0.2) is 4.79 Å². The second-order valence-electron chi connectivity index (χ2n) is 8.14. The second kappa shape index (κ2) is 9.80. The average Bonchev–Trinajstić information content (AvgIpc) is 2.66. The van der Waals surface area contributed by atoms with Crippen LogP contribution in [-0.2, 0) is 19.1 Å². The smallest absolute Gasteiger partial charge is 0.349 e. The zero-order valence-electron chi connectivity index (χ0n) is 17.7. The van der Waals surface area contributed by atoms with E-state index in [0.717, 1.165) is 25.1 Å². The van der Waals surface area contributed by atoms with E-state index >= 15 is 0 Å². The molecule has 2 rings (SSSR count). The number of carbonyl (C=O) groups is 2. The van der Waals surface area contributed by atoms with Crippen LogP contribution >= 0.6 is 0 Å². The molecule has 1 saturated heterocycles. The third-order valence-electron chi connectivity index (χ3n) is 4.64. The topological polar surface area (TPSA) is 65.1 Å². The maximum Gasteiger partial charge on any atom is 0.349 e. The summed E-state index contributed by atoms with van der Waals surface area (Å²) in [6.07, 6.45) is 1.78. The first-order chi connectivity index (χ1) is 13.2. The van der Waals surface area contributed by atoms with Crippen LogP contribution in [-0.4, -0.2) is 43.8 Å². The fourth-order valence-corrected chi connectivity index (χ4v) is 3.16. The Morgan fingerprint density at radius 1 is 1.25 bits per heavy atom. The van der Waals surface area contributed by atoms with Crippen molar-refractivity contribution in [3.8, 4) is 5.75 Å². The molecule has 1 atom stereocenters. The highest BCUT2D eigenvalue weighted by Crippen LogP contribution is 2.29. The number of hydrogen-bond donors (Lipinski definition) is 0. The van der Waals surface area contributed by atoms with Crippen molar-refractivity contribution in [1.29, 1.82) is 0 Å². The number of esters is 2. The van der Waals surface area contributed by atoms with Gasteiger partial charge in [0.2, 0.25) is 0 Å². The van der Waals surface area contributed by atoms with Gasteiger partial charge in [-0.15, -0.1) is 0 Å². The molecule has 0 saturated carbocycles. The molecule has 0 N–H and O–H groups in total. The third kappa shape index (κ3) is 6.14. The Bertz CT molecular complexity index is 671. The van der Waals surface area contributed by atoms with Gasteiger partial charge in [-0.05, 0) is 51.7 Å². The summed E-state index contributed by atoms with van der Waals surface area (Å²) >= 11 is 0. The molecule has 28 heavy (non-hydrogen) atoms. The lowest BCUT2D eigenvalue weighted by Gasteiger charge is -2.33. The molecule has 0 radical (unpaired) electrons. The molecule has 1 aliphatic rings. The lowest BCUT2D eigenvalue weighted by atomic mass is 9.97. The van der Waals surface area contributed by atoms with Gasteiger partial charge in [-0.3, -0.25) is 4.79 Å². The number of nitrogens with zero attached hydrogens (tertiary/aromatic N) is 1. The summed E-state index contributed by atoms with van der Waals surface area (Å²) in [6.45, 7) is 11.5. The number of anilines is 1. The first kappa shape index (κ1) is 22.1. The lowest BCUT2D eigenvalue weighted by molar-refractivity contribution is -0.160. The number of piperidine rings is 1. The molecule has 0 spiro atoms. The second-order valence-corrected chi connectivity index (χ2v) is 8.14. The standard InChI is InChI=1S/C22H33NO5/c1-6-26-20(24)17-9-8-12-23(14-17)18-10-7-11-19(13-18)28-22(4,5)21(25)27-15-16(2)3/h7,10-11,13,16-17H,6,8-9,12,14-15H2,1-5H3/t17-/m1/s1. The van der Waals surface area contributed by atoms with Crippen molar-refractivity contribution in [1.82, 2.24) is 0 Å². The van der Waals surface area contributed by atoms with Crippen LogP contribution < -0.4 is 9.64 Å². The summed E-state index contributed by atoms with van der Waals surface area (Å²) in [7, 11) is 0. The number of ether oxygens (including phenoxy) is 3. The Labute approximate surface area is 168 Å². The van der Waals surface area contributed by atoms with Crippen LogP contribution in [0.2, 0.25) is 0 Å². The van der Waals surface area contributed by atoms with Gasteiger partial charge in [-0.2, -0.15) is 0 Å². The van der Waals surface area contributed by atoms with Crippen molar-refractivity contribution in [2.24, 2.45) is 11.8 Å². The van der Waals surface area contributed by atoms with Crippen molar-refractivity contribution < 1.29 is 23.8 Å². The highest BCUT2D eigenvalue weighted by Gasteiger charge is 2.32. The first-order valence-corrected chi connectivity index (χ1v) is 10.1. The van der Waals surface area contributed by atoms with Crippen molar-refractivity contribution in [3.05, 3.63) is 24.3 Å². The summed E-state index contributed by atoms with van der Waals surface area (Å²) in [4.78, 5) is 26.6. The van der Waals surface area contributed by atoms with E-state index in [2.05, 4.69) is 4.90 Å². The molecule has 6 heteroatoms. The van der Waals surface area contributed by atoms with Crippen LogP contribution in [0.25, 0.3) is 0 Å². The monoisotopic (exact) mass is 391 g/mol. The molecule has 156 valence electrons. The average molecular weight is 392 g/mol. The number of hydrogen-bond acceptors (Lipinski definition) is 6. The van der Waals surface area contributed by atoms with Crippen molar-refractivity contribution in [2.75, 3.05) is 31.2 Å². The third-order valence-corrected chi connectivity index (χ3v) is 4.64. The van der Waals surface area contributed by atoms with Gasteiger partial charge in [0.15, 0.2) is 5.60 Å². The maximum atomic E-state index is 12.3. The van der Waals surface area contributed by atoms with Gasteiger partial charge in [0.05, 0.1) is 19.1 Å². The van der Waals surface area contributed by atoms with Crippen molar-refractivity contribution in [2.45, 2.75) is 53.1 Å². The van der Waals surface area contributed by atoms with Crippen LogP contribution in [0, 0.1) is 11.8 Å². The fraction of sp³-hybridized carbons (Fsp3) is 0.636. The molecule has 0 unspecified atom stereocenters. The Balaban J connectivity index is 2.05. The SMILES string of the molecule is CCOC(=O)[C@@H]1CCCN(c2cccc(OC(C)(C)C(=O)OCC(C)C)c2)C1. The molecule has 1 aromatic rings. The minimum Gasteiger partial charge on any atom is -0.476 e. The van der Waals surface area contributed by atoms with Crippen molar-refractivity contribution >= 4 is 17.6 Å². The van der Waals surface area contributed by atoms with Crippen LogP contribution in [0.4, 0.5) is 5.69 Å². The summed E-state index contributed by atoms with van der Waals surface area (Å²) in [6, 6.07) is 7.62. The molecular weight excluding hydrogens is 358 g/mol. The van der Waals surface area contributed by atoms with E-state index in [1.54, 1.807) is 13.8 Å². The molecule has 6 nitrogen and oxygen atoms in total. The Kier molecular flexibility index (Phi) is 7.72. The van der Waals surface area contributed by atoms with Gasteiger partial charge in [0.1, 0.15) is 5.75 Å². The highest BCUT2D eigenvalue weighted by molar-refractivity contribution is 5.79. The number of rotatable bonds is 8. The van der Waals surface area contributed by atoms with Crippen LogP contribution in [0.1, 0.15) is 47.5 Å². The summed E-state index contributed by atoms with van der Waals surface area (Å²) in [5.74, 6) is 0.248. The number of benzene rings is 1. The van der Waals surface area contributed by atoms with E-state index in [9.17, 15) is 9.59 Å². The minimum atomic E-state index is -1.08. The number of carbonyl (C=O) groups excluding carboxylic acids is 2. The van der Waals surface area contributed by atoms with Gasteiger partial charge in [0, 0.05) is 24.8 Å². The van der Waals surface area contributed by atoms with Gasteiger partial charge >= 0.3 is 11.9 Å². The lowest BCUT2D eigenvalue weighted by Crippen LogP contribution is -2.40. The predicted octanol–water partition coefficient (Wildman–Crippen LogP) is 3.82. The predicted molar refractivity (Wildman–Crippen MR) is 109 cm³/mol. The Morgan fingerprint density at radius 2 is 2.00 bits per heavy atom. The largest absolute Gasteiger partial charge is 0.476 e. The maximum absolute atomic E-state index is 12.3. The van der Waals surface area contributed by atoms with Gasteiger partial charge < -0.3 is 19.1 Å². The van der Waals surface area contributed by atoms with E-state index < -0.39 is 5.60 Å². The molecule has 1 aromatic carbocycles. The molecule has 0 amide bonds. The van der Waals surface area contributed by atoms with Crippen LogP contribution in [0.15, 0.2) is 24.3 Å². The van der Waals surface area contributed by atoms with E-state index in [1.807, 2.05) is 45.0 Å². The van der Waals surface area contributed by atoms with E-state index in [1.165, 1.54) is 0 Å². The Hall–Kier alpha value is -2.24. The van der Waals surface area contributed by atoms with E-state index in [0.29, 0.717) is 25.5 Å². The molecule has 1 aliphatic heterocycles. The zero-order chi connectivity index (χ0) is 20.7. The van der Waals surface area contributed by atoms with Gasteiger partial charge in [-0.1, -0.05) is 19.9 Å². The molecule has 0 bridgehead atoms. The normalized spacial score (nSPS) is 17.4. The zero-order valence-corrected chi connectivity index (χ0v) is 17.7. The quantitative estimate of drug-likeness (QED) is 0.628. The highest BCUT2D eigenvalue weighted by atomic mass is 16.6. The van der Waals surface area contributed by atoms with Crippen LogP contribution in [0.3, 0.4) is 0 Å². The molecule has 1 heterocycles. The van der Waals surface area contributed by atoms with Crippen LogP contribution in [0.5, 0.6) is 5.75 Å². The van der Waals surface area contributed by atoms with Crippen molar-refractivity contribution in [3.63, 3.8) is 0 Å². The van der Waals surface area contributed by atoms with E-state index in [-0.39, 0.29) is 23.8 Å². The summed E-state index contributed by atoms with van der Waals surface area (Å²) < 4.78 is 16.5. The summed E-state index contributed by atoms with van der Waals surface area (Å²) in [5, 5.41) is 0. The molecular formula is C22H33NO5. The van der Waals surface area contributed by atoms with E-state index in [4.69, 9.17) is 14.2 Å². The molecule has 0 aromatic heterocycles. The fourth-order valence-electron chi connectivity index (χ4n) is 3.16. The first-order valence-electron chi connectivity index (χ1n) is 10.1. The minimum absolute atomic E-state index is 0.110. The van der Waals surface area contributed by atoms with Gasteiger partial charge in [0.25, 0.3) is 0 Å². The molecule has 0 aliphatic carbocycles. The summed E-state index contributed by atoms with van der Waals surface area (Å²) in [5.41, 5.74) is -0.110.